The summed E-state index contributed by atoms with van der Waals surface area (Å²) in [5.41, 5.74) is 2.51. The van der Waals surface area contributed by atoms with E-state index in [1.165, 1.54) is 16.0 Å². The fraction of sp³-hybridized carbons (Fsp3) is 0.409. The lowest BCUT2D eigenvalue weighted by atomic mass is 9.96. The van der Waals surface area contributed by atoms with Crippen molar-refractivity contribution >= 4 is 17.5 Å². The zero-order valence-corrected chi connectivity index (χ0v) is 16.5. The van der Waals surface area contributed by atoms with Crippen LogP contribution in [0.25, 0.3) is 0 Å². The zero-order chi connectivity index (χ0) is 18.5. The Bertz CT molecular complexity index is 747. The third-order valence-corrected chi connectivity index (χ3v) is 6.44. The van der Waals surface area contributed by atoms with Crippen molar-refractivity contribution in [2.45, 2.75) is 55.3 Å². The van der Waals surface area contributed by atoms with Gasteiger partial charge in [0.1, 0.15) is 11.5 Å². The number of carbonyl (C=O) groups is 1. The second-order valence-electron chi connectivity index (χ2n) is 6.68. The maximum absolute atomic E-state index is 12.2. The summed E-state index contributed by atoms with van der Waals surface area (Å²) < 4.78 is 5.45. The van der Waals surface area contributed by atoms with Crippen LogP contribution in [0, 0.1) is 0 Å². The van der Waals surface area contributed by atoms with E-state index in [0.29, 0.717) is 18.6 Å². The molecule has 0 spiro atoms. The van der Waals surface area contributed by atoms with Crippen LogP contribution in [-0.2, 0) is 4.79 Å². The maximum atomic E-state index is 12.2. The third-order valence-electron chi connectivity index (χ3n) is 5.04. The van der Waals surface area contributed by atoms with E-state index >= 15 is 0 Å². The Labute approximate surface area is 160 Å². The number of nitrogens with one attached hydrogen (secondary N) is 1. The first kappa shape index (κ1) is 19.0. The minimum absolute atomic E-state index is 0.122. The number of Topliss-reactive ketones (excluding diaryl/α,β-unsaturated/α-hetero) is 1. The van der Waals surface area contributed by atoms with E-state index in [1.54, 1.807) is 7.11 Å². The van der Waals surface area contributed by atoms with Crippen molar-refractivity contribution in [1.82, 2.24) is 5.32 Å². The summed E-state index contributed by atoms with van der Waals surface area (Å²) in [6.07, 6.45) is 2.19. The van der Waals surface area contributed by atoms with Crippen molar-refractivity contribution in [3.8, 4) is 5.75 Å². The van der Waals surface area contributed by atoms with Gasteiger partial charge in [-0.3, -0.25) is 4.79 Å². The lowest BCUT2D eigenvalue weighted by Gasteiger charge is -2.27. The van der Waals surface area contributed by atoms with Crippen LogP contribution in [-0.4, -0.2) is 24.2 Å². The van der Waals surface area contributed by atoms with Crippen LogP contribution in [0.2, 0.25) is 0 Å². The Morgan fingerprint density at radius 3 is 2.58 bits per heavy atom. The molecule has 1 aliphatic rings. The van der Waals surface area contributed by atoms with E-state index in [0.717, 1.165) is 12.2 Å². The summed E-state index contributed by atoms with van der Waals surface area (Å²) in [6.45, 7) is 4.14. The molecule has 2 aromatic rings. The lowest BCUT2D eigenvalue weighted by Crippen LogP contribution is -2.39. The summed E-state index contributed by atoms with van der Waals surface area (Å²) in [6, 6.07) is 17.2. The van der Waals surface area contributed by atoms with Gasteiger partial charge in [0.15, 0.2) is 0 Å². The van der Waals surface area contributed by atoms with Gasteiger partial charge in [-0.25, -0.2) is 0 Å². The predicted octanol–water partition coefficient (Wildman–Crippen LogP) is 5.00. The number of ketones is 1. The molecule has 1 heterocycles. The Hall–Kier alpha value is -1.78. The third kappa shape index (κ3) is 4.13. The van der Waals surface area contributed by atoms with Gasteiger partial charge in [-0.1, -0.05) is 50.2 Å². The van der Waals surface area contributed by atoms with Crippen molar-refractivity contribution in [3.05, 3.63) is 59.7 Å². The van der Waals surface area contributed by atoms with E-state index in [2.05, 4.69) is 48.6 Å². The Balaban J connectivity index is 2.04. The van der Waals surface area contributed by atoms with Gasteiger partial charge in [0.25, 0.3) is 0 Å². The molecule has 0 saturated carbocycles. The average Bonchev–Trinajstić information content (AvgIpc) is 2.84. The van der Waals surface area contributed by atoms with Gasteiger partial charge >= 0.3 is 0 Å². The van der Waals surface area contributed by atoms with Crippen LogP contribution in [0.5, 0.6) is 5.75 Å². The largest absolute Gasteiger partial charge is 0.497 e. The molecule has 0 amide bonds. The van der Waals surface area contributed by atoms with Gasteiger partial charge in [0.2, 0.25) is 0 Å². The summed E-state index contributed by atoms with van der Waals surface area (Å²) in [4.78, 5) is 13.4. The maximum Gasteiger partial charge on any atom is 0.133 e. The minimum Gasteiger partial charge on any atom is -0.497 e. The Kier molecular flexibility index (Phi) is 6.38. The highest BCUT2D eigenvalue weighted by atomic mass is 32.2. The van der Waals surface area contributed by atoms with E-state index in [1.807, 2.05) is 30.8 Å². The van der Waals surface area contributed by atoms with Crippen molar-refractivity contribution in [3.63, 3.8) is 0 Å². The number of fused-ring (bicyclic) bond motifs is 1. The molecular weight excluding hydrogens is 342 g/mol. The number of hydrogen-bond donors (Lipinski definition) is 1. The number of ether oxygens (including phenoxy) is 1. The summed E-state index contributed by atoms with van der Waals surface area (Å²) >= 11 is 1.82. The van der Waals surface area contributed by atoms with Crippen molar-refractivity contribution < 1.29 is 9.53 Å². The number of benzene rings is 2. The quantitative estimate of drug-likeness (QED) is 0.778. The minimum atomic E-state index is 0.122. The van der Waals surface area contributed by atoms with E-state index in [9.17, 15) is 4.79 Å². The van der Waals surface area contributed by atoms with Gasteiger partial charge in [-0.15, -0.1) is 11.8 Å². The van der Waals surface area contributed by atoms with Crippen LogP contribution >= 0.6 is 11.8 Å². The first-order chi connectivity index (χ1) is 12.7. The highest BCUT2D eigenvalue weighted by molar-refractivity contribution is 8.00. The molecule has 1 N–H and O–H groups in total. The fourth-order valence-electron chi connectivity index (χ4n) is 3.49. The first-order valence-electron chi connectivity index (χ1n) is 9.33. The molecule has 0 fully saturated rings. The average molecular weight is 370 g/mol. The van der Waals surface area contributed by atoms with Crippen LogP contribution in [0.15, 0.2) is 53.4 Å². The molecule has 0 bridgehead atoms. The SMILES string of the molecule is CCC(=O)CC1Sc2cc(OC)ccc2C(c2ccccc2)NC1CC. The standard InChI is InChI=1S/C22H27NO2S/c1-4-16(24)13-21-19(5-2)23-22(15-9-7-6-8-10-15)18-12-11-17(25-3)14-20(18)26-21/h6-12,14,19,21-23H,4-5,13H2,1-3H3. The van der Waals surface area contributed by atoms with Gasteiger partial charge in [0.05, 0.1) is 13.2 Å². The summed E-state index contributed by atoms with van der Waals surface area (Å²) in [7, 11) is 1.70. The van der Waals surface area contributed by atoms with E-state index in [4.69, 9.17) is 4.74 Å². The Morgan fingerprint density at radius 2 is 1.92 bits per heavy atom. The fourth-order valence-corrected chi connectivity index (χ4v) is 5.03. The van der Waals surface area contributed by atoms with Gasteiger partial charge in [0, 0.05) is 29.0 Å². The molecule has 4 heteroatoms. The van der Waals surface area contributed by atoms with Crippen molar-refractivity contribution in [2.24, 2.45) is 0 Å². The molecule has 138 valence electrons. The molecule has 2 aromatic carbocycles. The van der Waals surface area contributed by atoms with Crippen LogP contribution < -0.4 is 10.1 Å². The topological polar surface area (TPSA) is 38.3 Å². The smallest absolute Gasteiger partial charge is 0.133 e. The normalized spacial score (nSPS) is 22.3. The second kappa shape index (κ2) is 8.74. The molecule has 3 nitrogen and oxygen atoms in total. The Morgan fingerprint density at radius 1 is 1.15 bits per heavy atom. The van der Waals surface area contributed by atoms with Gasteiger partial charge in [-0.05, 0) is 29.7 Å². The van der Waals surface area contributed by atoms with E-state index in [-0.39, 0.29) is 17.3 Å². The lowest BCUT2D eigenvalue weighted by molar-refractivity contribution is -0.118. The molecule has 3 unspecified atom stereocenters. The second-order valence-corrected chi connectivity index (χ2v) is 7.96. The zero-order valence-electron chi connectivity index (χ0n) is 15.7. The molecule has 26 heavy (non-hydrogen) atoms. The van der Waals surface area contributed by atoms with Gasteiger partial charge < -0.3 is 10.1 Å². The summed E-state index contributed by atoms with van der Waals surface area (Å²) in [5.74, 6) is 1.18. The number of rotatable bonds is 6. The molecule has 0 aromatic heterocycles. The number of methoxy groups -OCH3 is 1. The monoisotopic (exact) mass is 369 g/mol. The van der Waals surface area contributed by atoms with Crippen molar-refractivity contribution in [1.29, 1.82) is 0 Å². The highest BCUT2D eigenvalue weighted by Gasteiger charge is 2.32. The molecular formula is C22H27NO2S. The van der Waals surface area contributed by atoms with Crippen LogP contribution in [0.1, 0.15) is 50.3 Å². The van der Waals surface area contributed by atoms with Crippen LogP contribution in [0.3, 0.4) is 0 Å². The molecule has 1 aliphatic heterocycles. The first-order valence-corrected chi connectivity index (χ1v) is 10.2. The molecule has 0 radical (unpaired) electrons. The van der Waals surface area contributed by atoms with Crippen LogP contribution in [0.4, 0.5) is 0 Å². The summed E-state index contributed by atoms with van der Waals surface area (Å²) in [5, 5.41) is 4.07. The predicted molar refractivity (Wildman–Crippen MR) is 108 cm³/mol. The highest BCUT2D eigenvalue weighted by Crippen LogP contribution is 2.42. The van der Waals surface area contributed by atoms with Crippen molar-refractivity contribution in [2.75, 3.05) is 7.11 Å². The number of thioether (sulfide) groups is 1. The number of carbonyl (C=O) groups excluding carboxylic acids is 1. The molecule has 0 saturated heterocycles. The van der Waals surface area contributed by atoms with Gasteiger partial charge in [-0.2, -0.15) is 0 Å². The number of hydrogen-bond acceptors (Lipinski definition) is 4. The van der Waals surface area contributed by atoms with E-state index < -0.39 is 0 Å². The molecule has 0 aliphatic carbocycles. The molecule has 3 rings (SSSR count). The molecule has 3 atom stereocenters.